The summed E-state index contributed by atoms with van der Waals surface area (Å²) in [6.45, 7) is 0. The fourth-order valence-electron chi connectivity index (χ4n) is 7.24. The van der Waals surface area contributed by atoms with Gasteiger partial charge < -0.3 is 10.4 Å². The van der Waals surface area contributed by atoms with Crippen LogP contribution in [-0.2, 0) is 36.3 Å². The fraction of sp³-hybridized carbons (Fsp3) is 0.552. The van der Waals surface area contributed by atoms with Gasteiger partial charge in [0.1, 0.15) is 10.6 Å². The Hall–Kier alpha value is -3.30. The first-order valence-electron chi connectivity index (χ1n) is 14.2. The maximum absolute atomic E-state index is 14.9. The minimum absolute atomic E-state index is 0.0562. The van der Waals surface area contributed by atoms with E-state index in [9.17, 15) is 58.2 Å². The number of alkyl halides is 7. The van der Waals surface area contributed by atoms with Gasteiger partial charge >= 0.3 is 24.0 Å². The Morgan fingerprint density at radius 3 is 1.98 bits per heavy atom. The smallest absolute Gasteiger partial charge is 0.437 e. The number of aromatic nitrogens is 1. The van der Waals surface area contributed by atoms with Gasteiger partial charge in [0.2, 0.25) is 5.91 Å². The monoisotopic (exact) mass is 668 g/mol. The number of halogens is 8. The highest BCUT2D eigenvalue weighted by atomic mass is 32.2. The number of carbonyl (C=O) groups excluding carboxylic acids is 1. The second-order valence-electron chi connectivity index (χ2n) is 11.9. The third-order valence-electron chi connectivity index (χ3n) is 9.55. The van der Waals surface area contributed by atoms with Crippen molar-refractivity contribution in [3.05, 3.63) is 59.2 Å². The number of amides is 1. The fourth-order valence-corrected chi connectivity index (χ4v) is 9.70. The predicted molar refractivity (Wildman–Crippen MR) is 140 cm³/mol. The van der Waals surface area contributed by atoms with E-state index < -0.39 is 85.5 Å². The first-order valence-corrected chi connectivity index (χ1v) is 15.7. The van der Waals surface area contributed by atoms with Gasteiger partial charge in [-0.05, 0) is 87.3 Å². The lowest BCUT2D eigenvalue weighted by atomic mass is 9.76. The molecule has 3 atom stereocenters. The van der Waals surface area contributed by atoms with Gasteiger partial charge in [0.15, 0.2) is 9.84 Å². The molecule has 16 heteroatoms. The van der Waals surface area contributed by atoms with Gasteiger partial charge in [-0.2, -0.15) is 26.3 Å². The van der Waals surface area contributed by atoms with Crippen LogP contribution in [0.5, 0.6) is 0 Å². The molecule has 1 amide bonds. The van der Waals surface area contributed by atoms with Gasteiger partial charge in [0, 0.05) is 23.6 Å². The Balaban J connectivity index is 1.56. The molecule has 2 fully saturated rings. The van der Waals surface area contributed by atoms with Crippen molar-refractivity contribution in [3.8, 4) is 0 Å². The number of carboxylic acids is 1. The maximum Gasteiger partial charge on any atom is 0.437 e. The van der Waals surface area contributed by atoms with Gasteiger partial charge in [-0.15, -0.1) is 0 Å². The third-order valence-corrected chi connectivity index (χ3v) is 12.1. The molecular weight excluding hydrogens is 640 g/mol. The number of carboxylic acid groups (broad SMARTS) is 1. The van der Waals surface area contributed by atoms with Crippen molar-refractivity contribution in [3.63, 3.8) is 0 Å². The number of benzene rings is 1. The van der Waals surface area contributed by atoms with E-state index in [0.717, 1.165) is 30.3 Å². The number of aliphatic carboxylic acids is 1. The van der Waals surface area contributed by atoms with Crippen LogP contribution in [0, 0.1) is 23.6 Å². The second-order valence-corrected chi connectivity index (χ2v) is 14.1. The number of rotatable bonds is 6. The minimum atomic E-state index is -6.42. The van der Waals surface area contributed by atoms with E-state index in [0.29, 0.717) is 0 Å². The van der Waals surface area contributed by atoms with E-state index >= 15 is 0 Å². The van der Waals surface area contributed by atoms with Gasteiger partial charge in [-0.25, -0.2) is 17.2 Å². The van der Waals surface area contributed by atoms with Crippen molar-refractivity contribution in [1.82, 2.24) is 10.3 Å². The number of nitrogens with zero attached hydrogens (tertiary/aromatic N) is 1. The van der Waals surface area contributed by atoms with Crippen LogP contribution >= 0.6 is 0 Å². The Morgan fingerprint density at radius 1 is 0.844 bits per heavy atom. The number of nitrogens with one attached hydrogen (secondary N) is 1. The summed E-state index contributed by atoms with van der Waals surface area (Å²) in [6, 6.07) is 3.87. The molecule has 246 valence electrons. The number of aryl methyl sites for hydroxylation is 1. The lowest BCUT2D eigenvalue weighted by Crippen LogP contribution is -2.52. The summed E-state index contributed by atoms with van der Waals surface area (Å²) in [4.78, 5) is 27.6. The first-order chi connectivity index (χ1) is 20.8. The van der Waals surface area contributed by atoms with E-state index in [2.05, 4.69) is 10.3 Å². The van der Waals surface area contributed by atoms with E-state index in [4.69, 9.17) is 0 Å². The highest BCUT2D eigenvalue weighted by molar-refractivity contribution is 7.92. The molecule has 0 unspecified atom stereocenters. The number of carbonyl (C=O) groups is 2. The average molecular weight is 669 g/mol. The molecule has 0 bridgehead atoms. The molecule has 3 aliphatic rings. The molecule has 1 aromatic carbocycles. The van der Waals surface area contributed by atoms with Crippen LogP contribution in [0.25, 0.3) is 0 Å². The molecule has 3 aliphatic carbocycles. The molecule has 0 spiro atoms. The molecule has 0 aliphatic heterocycles. The number of hydrogen-bond donors (Lipinski definition) is 2. The first kappa shape index (κ1) is 33.1. The van der Waals surface area contributed by atoms with Gasteiger partial charge in [-0.3, -0.25) is 14.6 Å². The van der Waals surface area contributed by atoms with Crippen molar-refractivity contribution in [2.45, 2.75) is 85.1 Å². The summed E-state index contributed by atoms with van der Waals surface area (Å²) in [5, 5.41) is 12.1. The number of hydrogen-bond acceptors (Lipinski definition) is 5. The summed E-state index contributed by atoms with van der Waals surface area (Å²) in [7, 11) is -4.57. The van der Waals surface area contributed by atoms with Crippen molar-refractivity contribution in [1.29, 1.82) is 0 Å². The largest absolute Gasteiger partial charge is 0.481 e. The topological polar surface area (TPSA) is 113 Å². The Bertz CT molecular complexity index is 1570. The molecular formula is C29H28F8N2O5S. The van der Waals surface area contributed by atoms with Gasteiger partial charge in [0.05, 0.1) is 16.5 Å². The summed E-state index contributed by atoms with van der Waals surface area (Å²) in [5.74, 6) is -4.19. The van der Waals surface area contributed by atoms with Crippen molar-refractivity contribution < 1.29 is 58.2 Å². The van der Waals surface area contributed by atoms with Crippen LogP contribution < -0.4 is 5.32 Å². The summed E-state index contributed by atoms with van der Waals surface area (Å²) >= 11 is 0. The summed E-state index contributed by atoms with van der Waals surface area (Å²) in [6.07, 6.45) is -12.3. The van der Waals surface area contributed by atoms with E-state index in [1.807, 2.05) is 0 Å². The zero-order chi connectivity index (χ0) is 33.2. The third kappa shape index (κ3) is 5.26. The number of pyridine rings is 1. The van der Waals surface area contributed by atoms with Crippen molar-refractivity contribution in [2.24, 2.45) is 17.8 Å². The Kier molecular flexibility index (Phi) is 8.23. The molecule has 1 aromatic heterocycles. The lowest BCUT2D eigenvalue weighted by Gasteiger charge is -2.42. The molecule has 7 nitrogen and oxygen atoms in total. The zero-order valence-corrected chi connectivity index (χ0v) is 24.2. The Morgan fingerprint density at radius 2 is 1.42 bits per heavy atom. The molecule has 2 aromatic rings. The van der Waals surface area contributed by atoms with E-state index in [1.165, 1.54) is 0 Å². The van der Waals surface area contributed by atoms with E-state index in [-0.39, 0.29) is 67.9 Å². The summed E-state index contributed by atoms with van der Waals surface area (Å²) in [5.41, 5.74) is -8.46. The normalized spacial score (nSPS) is 27.4. The second kappa shape index (κ2) is 11.2. The zero-order valence-electron chi connectivity index (χ0n) is 23.4. The summed E-state index contributed by atoms with van der Waals surface area (Å²) < 4.78 is 136. The lowest BCUT2D eigenvalue weighted by molar-refractivity contribution is -0.350. The van der Waals surface area contributed by atoms with E-state index in [1.54, 1.807) is 0 Å². The molecule has 0 saturated heterocycles. The van der Waals surface area contributed by atoms with Crippen LogP contribution in [0.4, 0.5) is 35.1 Å². The number of sulfone groups is 1. The van der Waals surface area contributed by atoms with Crippen LogP contribution in [0.15, 0.2) is 41.3 Å². The highest BCUT2D eigenvalue weighted by Crippen LogP contribution is 2.58. The standard InChI is InChI=1S/C29H28F8N2O5S/c30-17-5-7-18(8-6-17)45(43,44)26-14-13-22(39-24(40)15-1-3-16(4-2-15)25(41)42)19(26)9-11-21-20(26)10-12-23(38-21)27(31,28(32,33)34)29(35,36)37/h5-8,10,12,15-16,19,22H,1-4,9,11,13-14H2,(H,39,40)(H,41,42)/t15?,16?,19-,22+,26-/m0/s1. The van der Waals surface area contributed by atoms with Crippen LogP contribution in [-0.4, -0.2) is 48.8 Å². The molecule has 2 saturated carbocycles. The quantitative estimate of drug-likeness (QED) is 0.293. The highest BCUT2D eigenvalue weighted by Gasteiger charge is 2.75. The van der Waals surface area contributed by atoms with Gasteiger partial charge in [0.25, 0.3) is 0 Å². The van der Waals surface area contributed by atoms with Crippen LogP contribution in [0.2, 0.25) is 0 Å². The SMILES string of the molecule is O=C(O)C1CCC(C(=O)N[C@@H]2CC[C@@]3(S(=O)(=O)c4ccc(F)cc4)c4ccc(C(F)(C(F)(F)F)C(F)(F)F)nc4CC[C@@H]23)CC1. The van der Waals surface area contributed by atoms with Gasteiger partial charge in [-0.1, -0.05) is 6.07 Å². The molecule has 5 rings (SSSR count). The average Bonchev–Trinajstić information content (AvgIpc) is 3.35. The predicted octanol–water partition coefficient (Wildman–Crippen LogP) is 5.91. The molecule has 45 heavy (non-hydrogen) atoms. The minimum Gasteiger partial charge on any atom is -0.481 e. The van der Waals surface area contributed by atoms with Crippen LogP contribution in [0.1, 0.15) is 61.9 Å². The molecule has 0 radical (unpaired) electrons. The number of fused-ring (bicyclic) bond motifs is 3. The van der Waals surface area contributed by atoms with Crippen molar-refractivity contribution in [2.75, 3.05) is 0 Å². The molecule has 1 heterocycles. The Labute approximate surface area is 252 Å². The van der Waals surface area contributed by atoms with Crippen molar-refractivity contribution >= 4 is 21.7 Å². The maximum atomic E-state index is 14.9. The molecule has 2 N–H and O–H groups in total. The van der Waals surface area contributed by atoms with Crippen LogP contribution in [0.3, 0.4) is 0 Å².